The Morgan fingerprint density at radius 1 is 0.714 bits per heavy atom. The Kier molecular flexibility index (Phi) is 9.45. The van der Waals surface area contributed by atoms with E-state index >= 15 is 0 Å². The molecule has 2 aromatic carbocycles. The maximum atomic E-state index is 12.7. The van der Waals surface area contributed by atoms with Crippen LogP contribution in [0.3, 0.4) is 0 Å². The molecule has 2 N–H and O–H groups in total. The molecule has 0 aromatic heterocycles. The van der Waals surface area contributed by atoms with Crippen LogP contribution in [0.25, 0.3) is 12.2 Å². The number of nitrogens with zero attached hydrogens (tertiary/aromatic N) is 1. The summed E-state index contributed by atoms with van der Waals surface area (Å²) in [4.78, 5) is 26.6. The molecule has 0 atom stereocenters. The maximum absolute atomic E-state index is 12.7. The number of hydrogen-bond donors (Lipinski definition) is 1. The molecule has 4 nitrogen and oxygen atoms in total. The van der Waals surface area contributed by atoms with E-state index in [0.29, 0.717) is 13.1 Å². The van der Waals surface area contributed by atoms with Gasteiger partial charge in [-0.15, -0.1) is 0 Å². The summed E-state index contributed by atoms with van der Waals surface area (Å²) in [6.07, 6.45) is 10.1. The molecule has 0 spiro atoms. The molecule has 2 aromatic rings. The van der Waals surface area contributed by atoms with Crippen LogP contribution in [-0.2, 0) is 9.59 Å². The molecule has 2 amide bonds. The van der Waals surface area contributed by atoms with E-state index in [1.54, 1.807) is 12.2 Å². The first kappa shape index (κ1) is 21.3. The van der Waals surface area contributed by atoms with Crippen molar-refractivity contribution in [3.05, 3.63) is 83.9 Å². The summed E-state index contributed by atoms with van der Waals surface area (Å²) in [5.74, 6) is -0.601. The molecule has 0 bridgehead atoms. The smallest absolute Gasteiger partial charge is 0.253 e. The van der Waals surface area contributed by atoms with Crippen molar-refractivity contribution in [2.45, 2.75) is 25.7 Å². The van der Waals surface area contributed by atoms with E-state index in [1.165, 1.54) is 17.1 Å². The van der Waals surface area contributed by atoms with E-state index in [9.17, 15) is 9.59 Å². The molecular weight excluding hydrogens is 348 g/mol. The first-order chi connectivity index (χ1) is 13.7. The number of benzene rings is 2. The minimum atomic E-state index is -0.301. The van der Waals surface area contributed by atoms with Crippen molar-refractivity contribution in [2.24, 2.45) is 5.73 Å². The van der Waals surface area contributed by atoms with Crippen LogP contribution in [0.4, 0.5) is 0 Å². The average molecular weight is 377 g/mol. The second-order valence-electron chi connectivity index (χ2n) is 6.52. The number of rotatable bonds is 10. The van der Waals surface area contributed by atoms with E-state index in [4.69, 9.17) is 5.73 Å². The molecule has 2 rings (SSSR count). The first-order valence-corrected chi connectivity index (χ1v) is 9.72. The van der Waals surface area contributed by atoms with E-state index < -0.39 is 0 Å². The third-order valence-corrected chi connectivity index (χ3v) is 4.30. The van der Waals surface area contributed by atoms with Crippen LogP contribution in [-0.4, -0.2) is 29.8 Å². The molecule has 0 saturated heterocycles. The lowest BCUT2D eigenvalue weighted by Crippen LogP contribution is -2.35. The Balaban J connectivity index is 2.04. The quantitative estimate of drug-likeness (QED) is 0.497. The fourth-order valence-electron chi connectivity index (χ4n) is 2.74. The van der Waals surface area contributed by atoms with Gasteiger partial charge >= 0.3 is 0 Å². The van der Waals surface area contributed by atoms with E-state index in [0.717, 1.165) is 36.8 Å². The molecule has 0 fully saturated rings. The SMILES string of the molecule is NCCCCCCN(C(=O)/C=C/c1ccccc1)C(=O)/C=C/c1ccccc1. The highest BCUT2D eigenvalue weighted by molar-refractivity contribution is 6.07. The van der Waals surface area contributed by atoms with Gasteiger partial charge in [0.1, 0.15) is 0 Å². The summed E-state index contributed by atoms with van der Waals surface area (Å²) in [5.41, 5.74) is 7.36. The van der Waals surface area contributed by atoms with Crippen molar-refractivity contribution in [3.8, 4) is 0 Å². The fourth-order valence-corrected chi connectivity index (χ4v) is 2.74. The van der Waals surface area contributed by atoms with Crippen molar-refractivity contribution in [1.29, 1.82) is 0 Å². The molecule has 0 aliphatic carbocycles. The van der Waals surface area contributed by atoms with Crippen LogP contribution < -0.4 is 5.73 Å². The van der Waals surface area contributed by atoms with Gasteiger partial charge in [0.2, 0.25) is 0 Å². The highest BCUT2D eigenvalue weighted by Crippen LogP contribution is 2.08. The number of hydrogen-bond acceptors (Lipinski definition) is 3. The molecule has 0 heterocycles. The topological polar surface area (TPSA) is 63.4 Å². The highest BCUT2D eigenvalue weighted by Gasteiger charge is 2.16. The predicted octanol–water partition coefficient (Wildman–Crippen LogP) is 4.29. The highest BCUT2D eigenvalue weighted by atomic mass is 16.2. The monoisotopic (exact) mass is 376 g/mol. The minimum Gasteiger partial charge on any atom is -0.330 e. The number of unbranched alkanes of at least 4 members (excludes halogenated alkanes) is 3. The molecule has 0 aliphatic rings. The van der Waals surface area contributed by atoms with Crippen LogP contribution in [0.15, 0.2) is 72.8 Å². The van der Waals surface area contributed by atoms with Crippen LogP contribution in [0.2, 0.25) is 0 Å². The van der Waals surface area contributed by atoms with Gasteiger partial charge in [-0.3, -0.25) is 14.5 Å². The zero-order chi connectivity index (χ0) is 20.0. The van der Waals surface area contributed by atoms with Gasteiger partial charge in [-0.25, -0.2) is 0 Å². The molecule has 146 valence electrons. The van der Waals surface area contributed by atoms with Crippen LogP contribution in [0, 0.1) is 0 Å². The predicted molar refractivity (Wildman–Crippen MR) is 115 cm³/mol. The van der Waals surface area contributed by atoms with E-state index in [-0.39, 0.29) is 11.8 Å². The number of imide groups is 1. The summed E-state index contributed by atoms with van der Waals surface area (Å²) >= 11 is 0. The van der Waals surface area contributed by atoms with Crippen molar-refractivity contribution >= 4 is 24.0 Å². The van der Waals surface area contributed by atoms with Gasteiger partial charge in [-0.2, -0.15) is 0 Å². The molecule has 0 aliphatic heterocycles. The Morgan fingerprint density at radius 2 is 1.18 bits per heavy atom. The van der Waals surface area contributed by atoms with Gasteiger partial charge in [-0.1, -0.05) is 73.5 Å². The molecule has 0 radical (unpaired) electrons. The Hall–Kier alpha value is -2.98. The fraction of sp³-hybridized carbons (Fsp3) is 0.250. The van der Waals surface area contributed by atoms with Crippen molar-refractivity contribution in [1.82, 2.24) is 4.90 Å². The number of amides is 2. The van der Waals surface area contributed by atoms with Crippen molar-refractivity contribution < 1.29 is 9.59 Å². The summed E-state index contributed by atoms with van der Waals surface area (Å²) in [6, 6.07) is 19.1. The third kappa shape index (κ3) is 7.72. The number of carbonyl (C=O) groups is 2. The molecule has 28 heavy (non-hydrogen) atoms. The summed E-state index contributed by atoms with van der Waals surface area (Å²) in [6.45, 7) is 1.07. The van der Waals surface area contributed by atoms with Gasteiger partial charge in [0, 0.05) is 18.7 Å². The van der Waals surface area contributed by atoms with E-state index in [1.807, 2.05) is 60.7 Å². The van der Waals surface area contributed by atoms with E-state index in [2.05, 4.69) is 0 Å². The van der Waals surface area contributed by atoms with Crippen LogP contribution in [0.1, 0.15) is 36.8 Å². The largest absolute Gasteiger partial charge is 0.330 e. The Morgan fingerprint density at radius 3 is 1.64 bits per heavy atom. The van der Waals surface area contributed by atoms with Gasteiger partial charge in [-0.05, 0) is 42.7 Å². The summed E-state index contributed by atoms with van der Waals surface area (Å²) in [7, 11) is 0. The molecule has 4 heteroatoms. The number of carbonyl (C=O) groups excluding carboxylic acids is 2. The van der Waals surface area contributed by atoms with Gasteiger partial charge in [0.05, 0.1) is 0 Å². The van der Waals surface area contributed by atoms with Crippen molar-refractivity contribution in [2.75, 3.05) is 13.1 Å². The standard InChI is InChI=1S/C24H28N2O2/c25-19-9-1-2-10-20-26(23(27)17-15-21-11-5-3-6-12-21)24(28)18-16-22-13-7-4-8-14-22/h3-8,11-18H,1-2,9-10,19-20,25H2/b17-15+,18-16+. The molecule has 0 unspecified atom stereocenters. The lowest BCUT2D eigenvalue weighted by molar-refractivity contribution is -0.138. The Bertz CT molecular complexity index is 721. The second-order valence-corrected chi connectivity index (χ2v) is 6.52. The minimum absolute atomic E-state index is 0.301. The van der Waals surface area contributed by atoms with Gasteiger partial charge in [0.25, 0.3) is 11.8 Å². The lowest BCUT2D eigenvalue weighted by Gasteiger charge is -2.17. The normalized spacial score (nSPS) is 11.2. The first-order valence-electron chi connectivity index (χ1n) is 9.72. The zero-order valence-electron chi connectivity index (χ0n) is 16.2. The lowest BCUT2D eigenvalue weighted by atomic mass is 10.1. The summed E-state index contributed by atoms with van der Waals surface area (Å²) < 4.78 is 0. The van der Waals surface area contributed by atoms with Crippen LogP contribution in [0.5, 0.6) is 0 Å². The van der Waals surface area contributed by atoms with Crippen LogP contribution >= 0.6 is 0 Å². The number of nitrogens with two attached hydrogens (primary N) is 1. The van der Waals surface area contributed by atoms with Gasteiger partial charge < -0.3 is 5.73 Å². The maximum Gasteiger partial charge on any atom is 0.253 e. The second kappa shape index (κ2) is 12.4. The molecule has 0 saturated carbocycles. The molecular formula is C24H28N2O2. The van der Waals surface area contributed by atoms with Crippen molar-refractivity contribution in [3.63, 3.8) is 0 Å². The summed E-state index contributed by atoms with van der Waals surface area (Å²) in [5, 5.41) is 0. The Labute approximate surface area is 167 Å². The zero-order valence-corrected chi connectivity index (χ0v) is 16.2. The average Bonchev–Trinajstić information content (AvgIpc) is 2.74. The van der Waals surface area contributed by atoms with Gasteiger partial charge in [0.15, 0.2) is 0 Å². The third-order valence-electron chi connectivity index (χ3n) is 4.30.